The summed E-state index contributed by atoms with van der Waals surface area (Å²) in [6.07, 6.45) is 4.57. The van der Waals surface area contributed by atoms with Gasteiger partial charge in [-0.2, -0.15) is 0 Å². The molecule has 1 unspecified atom stereocenters. The Labute approximate surface area is 181 Å². The van der Waals surface area contributed by atoms with E-state index in [1.54, 1.807) is 6.33 Å². The number of hydrogen-bond donors (Lipinski definition) is 4. The van der Waals surface area contributed by atoms with E-state index in [-0.39, 0.29) is 0 Å². The number of ether oxygens (including phenoxy) is 1. The van der Waals surface area contributed by atoms with Gasteiger partial charge in [0, 0.05) is 24.7 Å². The largest absolute Gasteiger partial charge is 0.457 e. The Kier molecular flexibility index (Phi) is 5.50. The molecule has 0 amide bonds. The minimum Gasteiger partial charge on any atom is -0.457 e. The number of fused-ring (bicyclic) bond motifs is 2. The Morgan fingerprint density at radius 3 is 2.77 bits per heavy atom. The molecule has 2 aliphatic heterocycles. The third-order valence-electron chi connectivity index (χ3n) is 5.75. The number of para-hydroxylation sites is 1. The molecule has 7 heteroatoms. The summed E-state index contributed by atoms with van der Waals surface area (Å²) in [5.41, 5.74) is 3.12. The summed E-state index contributed by atoms with van der Waals surface area (Å²) in [6.45, 7) is 2.68. The highest BCUT2D eigenvalue weighted by molar-refractivity contribution is 6.17. The third-order valence-corrected chi connectivity index (χ3v) is 5.75. The van der Waals surface area contributed by atoms with E-state index in [0.717, 1.165) is 67.1 Å². The first-order valence-corrected chi connectivity index (χ1v) is 10.8. The van der Waals surface area contributed by atoms with Crippen LogP contribution in [0.25, 0.3) is 0 Å². The summed E-state index contributed by atoms with van der Waals surface area (Å²) in [7, 11) is 0. The molecule has 31 heavy (non-hydrogen) atoms. The average molecular weight is 415 g/mol. The molecule has 0 saturated carbocycles. The maximum absolute atomic E-state index is 9.02. The van der Waals surface area contributed by atoms with Crippen molar-refractivity contribution >= 4 is 17.3 Å². The highest BCUT2D eigenvalue weighted by atomic mass is 16.5. The molecule has 0 spiro atoms. The Morgan fingerprint density at radius 1 is 1.03 bits per heavy atom. The number of nitrogens with zero attached hydrogens (tertiary/aromatic N) is 2. The van der Waals surface area contributed by atoms with Crippen LogP contribution in [-0.4, -0.2) is 41.4 Å². The lowest BCUT2D eigenvalue weighted by molar-refractivity contribution is 0.479. The number of benzene rings is 2. The molecular weight excluding hydrogens is 388 g/mol. The van der Waals surface area contributed by atoms with Crippen LogP contribution in [0, 0.1) is 5.41 Å². The number of aromatic nitrogens is 2. The zero-order valence-electron chi connectivity index (χ0n) is 17.3. The van der Waals surface area contributed by atoms with Gasteiger partial charge in [-0.3, -0.25) is 5.41 Å². The SMILES string of the molecule is N=C1c2ccc(Oc3ccccc3)cc2CCNc2ncnc(NC3CCCNC3)c21. The number of piperidine rings is 1. The summed E-state index contributed by atoms with van der Waals surface area (Å²) >= 11 is 0. The van der Waals surface area contributed by atoms with E-state index < -0.39 is 0 Å². The Bertz CT molecular complexity index is 1080. The maximum Gasteiger partial charge on any atom is 0.141 e. The lowest BCUT2D eigenvalue weighted by Crippen LogP contribution is -2.39. The van der Waals surface area contributed by atoms with Crippen LogP contribution in [0.3, 0.4) is 0 Å². The average Bonchev–Trinajstić information content (AvgIpc) is 2.79. The Morgan fingerprint density at radius 2 is 1.94 bits per heavy atom. The molecular formula is C24H26N6O. The van der Waals surface area contributed by atoms with Gasteiger partial charge in [-0.05, 0) is 61.7 Å². The summed E-state index contributed by atoms with van der Waals surface area (Å²) in [5.74, 6) is 3.00. The third kappa shape index (κ3) is 4.22. The van der Waals surface area contributed by atoms with Gasteiger partial charge in [-0.25, -0.2) is 9.97 Å². The van der Waals surface area contributed by atoms with Gasteiger partial charge in [0.15, 0.2) is 0 Å². The van der Waals surface area contributed by atoms with Crippen LogP contribution < -0.4 is 20.7 Å². The summed E-state index contributed by atoms with van der Waals surface area (Å²) in [4.78, 5) is 8.93. The van der Waals surface area contributed by atoms with E-state index in [9.17, 15) is 0 Å². The van der Waals surface area contributed by atoms with Gasteiger partial charge < -0.3 is 20.7 Å². The van der Waals surface area contributed by atoms with Crippen molar-refractivity contribution in [1.29, 1.82) is 5.41 Å². The molecule has 2 aliphatic rings. The maximum atomic E-state index is 9.02. The molecule has 0 radical (unpaired) electrons. The molecule has 1 atom stereocenters. The van der Waals surface area contributed by atoms with Gasteiger partial charge in [0.1, 0.15) is 29.5 Å². The first-order chi connectivity index (χ1) is 15.3. The van der Waals surface area contributed by atoms with Crippen LogP contribution >= 0.6 is 0 Å². The lowest BCUT2D eigenvalue weighted by atomic mass is 9.94. The second-order valence-electron chi connectivity index (χ2n) is 7.92. The number of rotatable bonds is 4. The van der Waals surface area contributed by atoms with Crippen molar-refractivity contribution in [2.75, 3.05) is 30.3 Å². The van der Waals surface area contributed by atoms with Crippen molar-refractivity contribution in [3.05, 3.63) is 71.5 Å². The van der Waals surface area contributed by atoms with E-state index in [2.05, 4.69) is 25.9 Å². The van der Waals surface area contributed by atoms with Crippen molar-refractivity contribution in [1.82, 2.24) is 15.3 Å². The molecule has 3 heterocycles. The molecule has 1 fully saturated rings. The molecule has 3 aromatic rings. The van der Waals surface area contributed by atoms with Gasteiger partial charge in [0.25, 0.3) is 0 Å². The number of hydrogen-bond acceptors (Lipinski definition) is 7. The van der Waals surface area contributed by atoms with E-state index in [4.69, 9.17) is 10.1 Å². The molecule has 158 valence electrons. The van der Waals surface area contributed by atoms with Crippen molar-refractivity contribution in [3.8, 4) is 11.5 Å². The molecule has 4 N–H and O–H groups in total. The minimum absolute atomic E-state index is 0.298. The summed E-state index contributed by atoms with van der Waals surface area (Å²) in [6, 6.07) is 16.0. The quantitative estimate of drug-likeness (QED) is 0.519. The lowest BCUT2D eigenvalue weighted by Gasteiger charge is -2.27. The fraction of sp³-hybridized carbons (Fsp3) is 0.292. The molecule has 7 nitrogen and oxygen atoms in total. The zero-order chi connectivity index (χ0) is 21.0. The molecule has 1 aromatic heterocycles. The normalized spacial score (nSPS) is 18.1. The summed E-state index contributed by atoms with van der Waals surface area (Å²) in [5, 5.41) is 19.4. The van der Waals surface area contributed by atoms with Crippen LogP contribution in [0.1, 0.15) is 29.5 Å². The van der Waals surface area contributed by atoms with E-state index in [1.165, 1.54) is 0 Å². The molecule has 5 rings (SSSR count). The van der Waals surface area contributed by atoms with Gasteiger partial charge in [-0.15, -0.1) is 0 Å². The topological polar surface area (TPSA) is 95.0 Å². The number of anilines is 2. The predicted octanol–water partition coefficient (Wildman–Crippen LogP) is 3.82. The predicted molar refractivity (Wildman–Crippen MR) is 123 cm³/mol. The highest BCUT2D eigenvalue weighted by Gasteiger charge is 2.24. The van der Waals surface area contributed by atoms with Crippen LogP contribution in [0.15, 0.2) is 54.9 Å². The second-order valence-corrected chi connectivity index (χ2v) is 7.92. The zero-order valence-corrected chi connectivity index (χ0v) is 17.3. The van der Waals surface area contributed by atoms with Crippen LogP contribution in [0.4, 0.5) is 11.6 Å². The number of nitrogens with one attached hydrogen (secondary N) is 4. The van der Waals surface area contributed by atoms with E-state index in [1.807, 2.05) is 48.5 Å². The van der Waals surface area contributed by atoms with Gasteiger partial charge in [-0.1, -0.05) is 18.2 Å². The fourth-order valence-electron chi connectivity index (χ4n) is 4.19. The standard InChI is InChI=1S/C24H26N6O/c25-22-20-9-8-19(31-18-6-2-1-3-7-18)13-16(20)10-12-27-23-21(22)24(29-15-28-23)30-17-5-4-11-26-14-17/h1-3,6-9,13,15,17,25-26H,4-5,10-12,14H2,(H2,27,28,29,30). The molecule has 2 aromatic carbocycles. The van der Waals surface area contributed by atoms with Crippen molar-refractivity contribution in [3.63, 3.8) is 0 Å². The smallest absolute Gasteiger partial charge is 0.141 e. The monoisotopic (exact) mass is 414 g/mol. The molecule has 1 saturated heterocycles. The first-order valence-electron chi connectivity index (χ1n) is 10.8. The van der Waals surface area contributed by atoms with E-state index in [0.29, 0.717) is 23.4 Å². The fourth-order valence-corrected chi connectivity index (χ4v) is 4.19. The minimum atomic E-state index is 0.298. The second kappa shape index (κ2) is 8.73. The van der Waals surface area contributed by atoms with Crippen molar-refractivity contribution in [2.24, 2.45) is 0 Å². The van der Waals surface area contributed by atoms with Crippen molar-refractivity contribution in [2.45, 2.75) is 25.3 Å². The molecule has 0 aliphatic carbocycles. The first kappa shape index (κ1) is 19.5. The Hall–Kier alpha value is -3.45. The van der Waals surface area contributed by atoms with E-state index >= 15 is 0 Å². The van der Waals surface area contributed by atoms with Gasteiger partial charge >= 0.3 is 0 Å². The van der Waals surface area contributed by atoms with Crippen LogP contribution in [0.2, 0.25) is 0 Å². The van der Waals surface area contributed by atoms with Gasteiger partial charge in [0.05, 0.1) is 11.3 Å². The summed E-state index contributed by atoms with van der Waals surface area (Å²) < 4.78 is 6.01. The highest BCUT2D eigenvalue weighted by Crippen LogP contribution is 2.31. The van der Waals surface area contributed by atoms with Crippen molar-refractivity contribution < 1.29 is 4.74 Å². The molecule has 0 bridgehead atoms. The Balaban J connectivity index is 1.47. The van der Waals surface area contributed by atoms with Crippen LogP contribution in [-0.2, 0) is 6.42 Å². The van der Waals surface area contributed by atoms with Crippen LogP contribution in [0.5, 0.6) is 11.5 Å². The van der Waals surface area contributed by atoms with Gasteiger partial charge in [0.2, 0.25) is 0 Å².